The summed E-state index contributed by atoms with van der Waals surface area (Å²) in [5.74, 6) is 1.41. The number of halogens is 1. The molecule has 6 nitrogen and oxygen atoms in total. The van der Waals surface area contributed by atoms with Gasteiger partial charge in [0.05, 0.1) is 17.8 Å². The maximum Gasteiger partial charge on any atom is 0.251 e. The number of aryl methyl sites for hydroxylation is 2. The summed E-state index contributed by atoms with van der Waals surface area (Å²) >= 11 is 0. The van der Waals surface area contributed by atoms with Crippen LogP contribution in [0.2, 0.25) is 0 Å². The van der Waals surface area contributed by atoms with Crippen molar-refractivity contribution in [3.05, 3.63) is 76.9 Å². The van der Waals surface area contributed by atoms with Crippen LogP contribution < -0.4 is 14.8 Å². The second-order valence-electron chi connectivity index (χ2n) is 6.17. The Kier molecular flexibility index (Phi) is 6.26. The van der Waals surface area contributed by atoms with Crippen molar-refractivity contribution in [1.82, 2.24) is 10.5 Å². The van der Waals surface area contributed by atoms with E-state index in [1.54, 1.807) is 36.4 Å². The van der Waals surface area contributed by atoms with Gasteiger partial charge in [0, 0.05) is 5.56 Å². The SMILES string of the molecule is Cc1noc(C)c1COc1ccc(C(=O)NCCOc2ccc(F)cc2)cc1. The van der Waals surface area contributed by atoms with Crippen molar-refractivity contribution < 1.29 is 23.2 Å². The molecule has 0 bridgehead atoms. The Morgan fingerprint density at radius 3 is 2.32 bits per heavy atom. The molecular formula is C21H21FN2O4. The molecule has 1 amide bonds. The monoisotopic (exact) mass is 384 g/mol. The molecule has 0 fully saturated rings. The average molecular weight is 384 g/mol. The number of ether oxygens (including phenoxy) is 2. The van der Waals surface area contributed by atoms with Crippen LogP contribution in [0.1, 0.15) is 27.4 Å². The summed E-state index contributed by atoms with van der Waals surface area (Å²) in [5.41, 5.74) is 2.24. The molecular weight excluding hydrogens is 363 g/mol. The number of aromatic nitrogens is 1. The lowest BCUT2D eigenvalue weighted by Gasteiger charge is -2.09. The molecule has 0 aliphatic heterocycles. The van der Waals surface area contributed by atoms with Crippen LogP contribution in [0.4, 0.5) is 4.39 Å². The largest absolute Gasteiger partial charge is 0.492 e. The van der Waals surface area contributed by atoms with Crippen LogP contribution in [0.3, 0.4) is 0 Å². The molecule has 0 aliphatic carbocycles. The van der Waals surface area contributed by atoms with E-state index < -0.39 is 0 Å². The van der Waals surface area contributed by atoms with Gasteiger partial charge in [-0.2, -0.15) is 0 Å². The third-order valence-electron chi connectivity index (χ3n) is 4.15. The molecule has 0 saturated heterocycles. The Morgan fingerprint density at radius 1 is 1.04 bits per heavy atom. The van der Waals surface area contributed by atoms with E-state index in [2.05, 4.69) is 10.5 Å². The zero-order chi connectivity index (χ0) is 19.9. The van der Waals surface area contributed by atoms with Gasteiger partial charge in [-0.25, -0.2) is 4.39 Å². The molecule has 0 atom stereocenters. The minimum atomic E-state index is -0.320. The van der Waals surface area contributed by atoms with Gasteiger partial charge in [0.1, 0.15) is 36.3 Å². The first kappa shape index (κ1) is 19.4. The number of carbonyl (C=O) groups excluding carboxylic acids is 1. The van der Waals surface area contributed by atoms with Gasteiger partial charge < -0.3 is 19.3 Å². The van der Waals surface area contributed by atoms with Gasteiger partial charge in [-0.05, 0) is 62.4 Å². The van der Waals surface area contributed by atoms with Crippen LogP contribution >= 0.6 is 0 Å². The van der Waals surface area contributed by atoms with Gasteiger partial charge in [-0.1, -0.05) is 5.16 Å². The van der Waals surface area contributed by atoms with E-state index in [0.717, 1.165) is 17.0 Å². The number of hydrogen-bond donors (Lipinski definition) is 1. The summed E-state index contributed by atoms with van der Waals surface area (Å²) in [6.07, 6.45) is 0. The van der Waals surface area contributed by atoms with Gasteiger partial charge in [-0.3, -0.25) is 4.79 Å². The first-order chi connectivity index (χ1) is 13.5. The molecule has 7 heteroatoms. The Labute approximate surface area is 162 Å². The summed E-state index contributed by atoms with van der Waals surface area (Å²) in [7, 11) is 0. The second-order valence-corrected chi connectivity index (χ2v) is 6.17. The molecule has 1 heterocycles. The lowest BCUT2D eigenvalue weighted by atomic mass is 10.2. The number of nitrogens with zero attached hydrogens (tertiary/aromatic N) is 1. The van der Waals surface area contributed by atoms with E-state index in [1.165, 1.54) is 12.1 Å². The molecule has 146 valence electrons. The van der Waals surface area contributed by atoms with Gasteiger partial charge in [-0.15, -0.1) is 0 Å². The molecule has 0 aliphatic rings. The van der Waals surface area contributed by atoms with Crippen molar-refractivity contribution in [3.8, 4) is 11.5 Å². The first-order valence-electron chi connectivity index (χ1n) is 8.84. The molecule has 3 rings (SSSR count). The van der Waals surface area contributed by atoms with Crippen molar-refractivity contribution in [2.45, 2.75) is 20.5 Å². The van der Waals surface area contributed by atoms with E-state index in [0.29, 0.717) is 30.2 Å². The smallest absolute Gasteiger partial charge is 0.251 e. The zero-order valence-electron chi connectivity index (χ0n) is 15.7. The molecule has 3 aromatic rings. The minimum absolute atomic E-state index is 0.208. The van der Waals surface area contributed by atoms with Crippen molar-refractivity contribution in [2.75, 3.05) is 13.2 Å². The molecule has 0 saturated carbocycles. The van der Waals surface area contributed by atoms with Crippen LogP contribution in [0.5, 0.6) is 11.5 Å². The van der Waals surface area contributed by atoms with Gasteiger partial charge in [0.2, 0.25) is 0 Å². The number of benzene rings is 2. The van der Waals surface area contributed by atoms with Crippen LogP contribution in [0.15, 0.2) is 53.1 Å². The molecule has 1 N–H and O–H groups in total. The highest BCUT2D eigenvalue weighted by Crippen LogP contribution is 2.18. The number of nitrogens with one attached hydrogen (secondary N) is 1. The average Bonchev–Trinajstić information content (AvgIpc) is 3.03. The van der Waals surface area contributed by atoms with Crippen LogP contribution in [-0.4, -0.2) is 24.2 Å². The predicted molar refractivity (Wildman–Crippen MR) is 101 cm³/mol. The van der Waals surface area contributed by atoms with E-state index in [1.807, 2.05) is 13.8 Å². The second kappa shape index (κ2) is 9.03. The lowest BCUT2D eigenvalue weighted by Crippen LogP contribution is -2.28. The van der Waals surface area contributed by atoms with Gasteiger partial charge in [0.15, 0.2) is 0 Å². The fourth-order valence-electron chi connectivity index (χ4n) is 2.53. The third kappa shape index (κ3) is 5.09. The summed E-state index contributed by atoms with van der Waals surface area (Å²) < 4.78 is 29.1. The van der Waals surface area contributed by atoms with E-state index >= 15 is 0 Å². The Balaban J connectivity index is 1.43. The van der Waals surface area contributed by atoms with Crippen LogP contribution in [0, 0.1) is 19.7 Å². The van der Waals surface area contributed by atoms with Crippen molar-refractivity contribution >= 4 is 5.91 Å². The highest BCUT2D eigenvalue weighted by atomic mass is 19.1. The Bertz CT molecular complexity index is 901. The highest BCUT2D eigenvalue weighted by Gasteiger charge is 2.10. The molecule has 28 heavy (non-hydrogen) atoms. The Hall–Kier alpha value is -3.35. The normalized spacial score (nSPS) is 10.5. The summed E-state index contributed by atoms with van der Waals surface area (Å²) in [5, 5.41) is 6.66. The van der Waals surface area contributed by atoms with Crippen molar-refractivity contribution in [3.63, 3.8) is 0 Å². The predicted octanol–water partition coefficient (Wildman–Crippen LogP) is 3.82. The fraction of sp³-hybridized carbons (Fsp3) is 0.238. The van der Waals surface area contributed by atoms with Gasteiger partial charge in [0.25, 0.3) is 5.91 Å². The van der Waals surface area contributed by atoms with E-state index in [-0.39, 0.29) is 18.3 Å². The van der Waals surface area contributed by atoms with Crippen molar-refractivity contribution in [1.29, 1.82) is 0 Å². The number of amides is 1. The topological polar surface area (TPSA) is 73.6 Å². The zero-order valence-corrected chi connectivity index (χ0v) is 15.7. The molecule has 0 spiro atoms. The fourth-order valence-corrected chi connectivity index (χ4v) is 2.53. The van der Waals surface area contributed by atoms with Crippen LogP contribution in [-0.2, 0) is 6.61 Å². The summed E-state index contributed by atoms with van der Waals surface area (Å²) in [4.78, 5) is 12.2. The first-order valence-corrected chi connectivity index (χ1v) is 8.84. The number of rotatable bonds is 8. The summed E-state index contributed by atoms with van der Waals surface area (Å²) in [6, 6.07) is 12.6. The quantitative estimate of drug-likeness (QED) is 0.598. The van der Waals surface area contributed by atoms with E-state index in [4.69, 9.17) is 14.0 Å². The maximum absolute atomic E-state index is 12.8. The molecule has 0 radical (unpaired) electrons. The third-order valence-corrected chi connectivity index (χ3v) is 4.15. The standard InChI is InChI=1S/C21H21FN2O4/c1-14-20(15(2)28-24-14)13-27-19-7-3-16(4-8-19)21(25)23-11-12-26-18-9-5-17(22)6-10-18/h3-10H,11-13H2,1-2H3,(H,23,25). The molecule has 0 unspecified atom stereocenters. The van der Waals surface area contributed by atoms with Gasteiger partial charge >= 0.3 is 0 Å². The highest BCUT2D eigenvalue weighted by molar-refractivity contribution is 5.94. The Morgan fingerprint density at radius 2 is 1.68 bits per heavy atom. The summed E-state index contributed by atoms with van der Waals surface area (Å²) in [6.45, 7) is 4.68. The number of hydrogen-bond acceptors (Lipinski definition) is 5. The lowest BCUT2D eigenvalue weighted by molar-refractivity contribution is 0.0947. The van der Waals surface area contributed by atoms with Crippen molar-refractivity contribution in [2.24, 2.45) is 0 Å². The number of carbonyl (C=O) groups is 1. The maximum atomic E-state index is 12.8. The molecule has 2 aromatic carbocycles. The molecule has 1 aromatic heterocycles. The minimum Gasteiger partial charge on any atom is -0.492 e. The van der Waals surface area contributed by atoms with Crippen LogP contribution in [0.25, 0.3) is 0 Å². The van der Waals surface area contributed by atoms with E-state index in [9.17, 15) is 9.18 Å².